The van der Waals surface area contributed by atoms with Crippen LogP contribution in [-0.2, 0) is 0 Å². The van der Waals surface area contributed by atoms with E-state index in [1.54, 1.807) is 12.1 Å². The van der Waals surface area contributed by atoms with E-state index in [0.717, 1.165) is 15.8 Å². The lowest BCUT2D eigenvalue weighted by Gasteiger charge is -1.95. The van der Waals surface area contributed by atoms with Gasteiger partial charge in [-0.25, -0.2) is 4.98 Å². The topological polar surface area (TPSA) is 81.2 Å². The molecule has 0 aliphatic rings. The highest BCUT2D eigenvalue weighted by Crippen LogP contribution is 2.34. The molecule has 1 amide bonds. The Hall–Kier alpha value is -2.64. The summed E-state index contributed by atoms with van der Waals surface area (Å²) >= 11 is 7.49. The summed E-state index contributed by atoms with van der Waals surface area (Å²) in [6.45, 7) is 1.94. The number of hydrogen-bond donors (Lipinski definition) is 1. The van der Waals surface area contributed by atoms with E-state index < -0.39 is 5.91 Å². The van der Waals surface area contributed by atoms with Crippen LogP contribution in [0.4, 0.5) is 5.13 Å². The largest absolute Gasteiger partial charge is 0.461 e. The van der Waals surface area contributed by atoms with Crippen molar-refractivity contribution in [2.75, 3.05) is 5.32 Å². The molecule has 8 heteroatoms. The van der Waals surface area contributed by atoms with Gasteiger partial charge in [0, 0.05) is 6.07 Å². The molecule has 0 radical (unpaired) electrons. The minimum Gasteiger partial charge on any atom is -0.461 e. The summed E-state index contributed by atoms with van der Waals surface area (Å²) in [7, 11) is 0. The number of nitrogens with zero attached hydrogens (tertiary/aromatic N) is 2. The molecule has 24 heavy (non-hydrogen) atoms. The third-order valence-electron chi connectivity index (χ3n) is 3.42. The van der Waals surface area contributed by atoms with Gasteiger partial charge in [-0.05, 0) is 30.7 Å². The number of benzene rings is 1. The standard InChI is InChI=1S/C16H10ClN3O3S/c1-8-4-5-9(17)14-13(8)18-16(24-14)19-15(21)10-7-12(23-20-10)11-3-2-6-22-11/h2-7H,1H3,(H,18,19,21). The van der Waals surface area contributed by atoms with Crippen molar-refractivity contribution >= 4 is 44.2 Å². The summed E-state index contributed by atoms with van der Waals surface area (Å²) in [6, 6.07) is 8.67. The molecule has 0 saturated heterocycles. The summed E-state index contributed by atoms with van der Waals surface area (Å²) in [4.78, 5) is 16.7. The fraction of sp³-hybridized carbons (Fsp3) is 0.0625. The molecule has 4 rings (SSSR count). The number of fused-ring (bicyclic) bond motifs is 1. The van der Waals surface area contributed by atoms with Crippen molar-refractivity contribution in [2.24, 2.45) is 0 Å². The van der Waals surface area contributed by atoms with Gasteiger partial charge in [0.2, 0.25) is 5.76 Å². The van der Waals surface area contributed by atoms with E-state index in [9.17, 15) is 4.79 Å². The number of hydrogen-bond acceptors (Lipinski definition) is 6. The highest BCUT2D eigenvalue weighted by atomic mass is 35.5. The van der Waals surface area contributed by atoms with Gasteiger partial charge in [-0.2, -0.15) is 0 Å². The van der Waals surface area contributed by atoms with Crippen LogP contribution in [0, 0.1) is 6.92 Å². The van der Waals surface area contributed by atoms with E-state index in [1.165, 1.54) is 23.7 Å². The van der Waals surface area contributed by atoms with Crippen LogP contribution in [-0.4, -0.2) is 16.0 Å². The van der Waals surface area contributed by atoms with E-state index in [2.05, 4.69) is 15.5 Å². The molecule has 0 aliphatic heterocycles. The van der Waals surface area contributed by atoms with Crippen molar-refractivity contribution in [1.82, 2.24) is 10.1 Å². The lowest BCUT2D eigenvalue weighted by Crippen LogP contribution is -2.11. The molecule has 3 heterocycles. The Balaban J connectivity index is 1.60. The molecule has 3 aromatic heterocycles. The number of carbonyl (C=O) groups is 1. The van der Waals surface area contributed by atoms with Crippen LogP contribution in [0.3, 0.4) is 0 Å². The van der Waals surface area contributed by atoms with E-state index in [1.807, 2.05) is 19.1 Å². The van der Waals surface area contributed by atoms with Crippen LogP contribution >= 0.6 is 22.9 Å². The lowest BCUT2D eigenvalue weighted by molar-refractivity contribution is 0.101. The van der Waals surface area contributed by atoms with E-state index in [4.69, 9.17) is 20.5 Å². The van der Waals surface area contributed by atoms with Gasteiger partial charge >= 0.3 is 0 Å². The van der Waals surface area contributed by atoms with Gasteiger partial charge in [0.05, 0.1) is 21.5 Å². The molecule has 0 saturated carbocycles. The Bertz CT molecular complexity index is 997. The van der Waals surface area contributed by atoms with Crippen LogP contribution in [0.5, 0.6) is 0 Å². The van der Waals surface area contributed by atoms with Crippen LogP contribution < -0.4 is 5.32 Å². The number of rotatable bonds is 3. The molecule has 120 valence electrons. The van der Waals surface area contributed by atoms with Gasteiger partial charge in [0.1, 0.15) is 0 Å². The van der Waals surface area contributed by atoms with E-state index in [-0.39, 0.29) is 5.69 Å². The number of nitrogens with one attached hydrogen (secondary N) is 1. The van der Waals surface area contributed by atoms with Gasteiger partial charge in [0.25, 0.3) is 5.91 Å². The molecule has 0 unspecified atom stereocenters. The molecular formula is C16H10ClN3O3S. The van der Waals surface area contributed by atoms with Crippen molar-refractivity contribution in [3.8, 4) is 11.5 Å². The molecule has 0 spiro atoms. The second kappa shape index (κ2) is 5.77. The minimum atomic E-state index is -0.413. The number of aromatic nitrogens is 2. The van der Waals surface area contributed by atoms with E-state index >= 15 is 0 Å². The predicted octanol–water partition coefficient (Wildman–Crippen LogP) is 4.76. The summed E-state index contributed by atoms with van der Waals surface area (Å²) in [5, 5.41) is 7.54. The van der Waals surface area contributed by atoms with Gasteiger partial charge < -0.3 is 8.94 Å². The van der Waals surface area contributed by atoms with Crippen molar-refractivity contribution in [1.29, 1.82) is 0 Å². The molecule has 1 aromatic carbocycles. The van der Waals surface area contributed by atoms with Gasteiger partial charge in [-0.15, -0.1) is 0 Å². The van der Waals surface area contributed by atoms with Crippen molar-refractivity contribution in [3.05, 3.63) is 52.9 Å². The highest BCUT2D eigenvalue weighted by molar-refractivity contribution is 7.23. The molecule has 0 aliphatic carbocycles. The van der Waals surface area contributed by atoms with Crippen LogP contribution in [0.15, 0.2) is 45.5 Å². The zero-order chi connectivity index (χ0) is 16.7. The molecule has 1 N–H and O–H groups in total. The predicted molar refractivity (Wildman–Crippen MR) is 91.5 cm³/mol. The number of anilines is 1. The monoisotopic (exact) mass is 359 g/mol. The molecular weight excluding hydrogens is 350 g/mol. The first-order valence-electron chi connectivity index (χ1n) is 6.99. The second-order valence-corrected chi connectivity index (χ2v) is 6.48. The molecule has 4 aromatic rings. The Labute approximate surface area is 145 Å². The number of halogens is 1. The maximum atomic E-state index is 12.3. The number of thiazole rings is 1. The Morgan fingerprint density at radius 3 is 2.92 bits per heavy atom. The highest BCUT2D eigenvalue weighted by Gasteiger charge is 2.17. The normalized spacial score (nSPS) is 11.1. The van der Waals surface area contributed by atoms with Gasteiger partial charge in [-0.3, -0.25) is 10.1 Å². The van der Waals surface area contributed by atoms with Gasteiger partial charge in [-0.1, -0.05) is 34.2 Å². The van der Waals surface area contributed by atoms with Crippen molar-refractivity contribution < 1.29 is 13.7 Å². The Morgan fingerprint density at radius 2 is 2.17 bits per heavy atom. The summed E-state index contributed by atoms with van der Waals surface area (Å²) in [5.41, 5.74) is 1.91. The van der Waals surface area contributed by atoms with Crippen LogP contribution in [0.1, 0.15) is 16.1 Å². The van der Waals surface area contributed by atoms with Gasteiger partial charge in [0.15, 0.2) is 16.6 Å². The van der Waals surface area contributed by atoms with E-state index in [0.29, 0.717) is 21.7 Å². The third-order valence-corrected chi connectivity index (χ3v) is 4.86. The zero-order valence-electron chi connectivity index (χ0n) is 12.4. The minimum absolute atomic E-state index is 0.142. The van der Waals surface area contributed by atoms with Crippen LogP contribution in [0.25, 0.3) is 21.7 Å². The summed E-state index contributed by atoms with van der Waals surface area (Å²) in [5.74, 6) is 0.474. The average Bonchev–Trinajstić information content (AvgIpc) is 3.29. The first-order valence-corrected chi connectivity index (χ1v) is 8.19. The average molecular weight is 360 g/mol. The van der Waals surface area contributed by atoms with Crippen molar-refractivity contribution in [2.45, 2.75) is 6.92 Å². The Morgan fingerprint density at radius 1 is 1.29 bits per heavy atom. The maximum absolute atomic E-state index is 12.3. The summed E-state index contributed by atoms with van der Waals surface area (Å²) in [6.07, 6.45) is 1.52. The molecule has 0 bridgehead atoms. The number of carbonyl (C=O) groups excluding carboxylic acids is 1. The lowest BCUT2D eigenvalue weighted by atomic mass is 10.2. The maximum Gasteiger partial charge on any atom is 0.279 e. The third kappa shape index (κ3) is 2.57. The first-order chi connectivity index (χ1) is 11.6. The van der Waals surface area contributed by atoms with Crippen LogP contribution in [0.2, 0.25) is 5.02 Å². The molecule has 6 nitrogen and oxygen atoms in total. The number of aryl methyl sites for hydroxylation is 1. The smallest absolute Gasteiger partial charge is 0.279 e. The molecule has 0 atom stereocenters. The fourth-order valence-corrected chi connectivity index (χ4v) is 3.44. The molecule has 0 fully saturated rings. The summed E-state index contributed by atoms with van der Waals surface area (Å²) < 4.78 is 11.2. The first kappa shape index (κ1) is 14.9. The SMILES string of the molecule is Cc1ccc(Cl)c2sc(NC(=O)c3cc(-c4ccco4)on3)nc12. The fourth-order valence-electron chi connectivity index (χ4n) is 2.23. The second-order valence-electron chi connectivity index (χ2n) is 5.07. The quantitative estimate of drug-likeness (QED) is 0.570. The zero-order valence-corrected chi connectivity index (χ0v) is 13.9. The Kier molecular flexibility index (Phi) is 3.59. The number of amides is 1. The van der Waals surface area contributed by atoms with Crippen molar-refractivity contribution in [3.63, 3.8) is 0 Å². The number of furan rings is 1.